The first-order valence-corrected chi connectivity index (χ1v) is 9.04. The smallest absolute Gasteiger partial charge is 0.318 e. The number of hydrogen-bond acceptors (Lipinski definition) is 4. The second kappa shape index (κ2) is 6.86. The van der Waals surface area contributed by atoms with Crippen LogP contribution in [0.3, 0.4) is 0 Å². The summed E-state index contributed by atoms with van der Waals surface area (Å²) < 4.78 is 3.72. The molecule has 2 aromatic heterocycles. The molecular formula is C19H23N7O. The zero-order chi connectivity index (χ0) is 19.0. The molecule has 1 fully saturated rings. The van der Waals surface area contributed by atoms with Crippen molar-refractivity contribution in [3.8, 4) is 5.69 Å². The lowest BCUT2D eigenvalue weighted by molar-refractivity contribution is 0.115. The molecule has 27 heavy (non-hydrogen) atoms. The predicted octanol–water partition coefficient (Wildman–Crippen LogP) is 2.41. The summed E-state index contributed by atoms with van der Waals surface area (Å²) in [6.45, 7) is 7.40. The van der Waals surface area contributed by atoms with Crippen molar-refractivity contribution >= 4 is 6.03 Å². The molecule has 2 amide bonds. The second-order valence-electron chi connectivity index (χ2n) is 7.03. The number of carbonyl (C=O) groups is 1. The van der Waals surface area contributed by atoms with Crippen LogP contribution >= 0.6 is 0 Å². The maximum atomic E-state index is 12.5. The highest BCUT2D eigenvalue weighted by atomic mass is 16.2. The Hall–Kier alpha value is -3.16. The van der Waals surface area contributed by atoms with E-state index in [0.29, 0.717) is 13.1 Å². The number of aryl methyl sites for hydroxylation is 2. The molecule has 1 N–H and O–H groups in total. The zero-order valence-corrected chi connectivity index (χ0v) is 15.7. The van der Waals surface area contributed by atoms with Gasteiger partial charge in [0.2, 0.25) is 0 Å². The molecule has 0 radical (unpaired) electrons. The number of urea groups is 1. The van der Waals surface area contributed by atoms with Crippen LogP contribution in [-0.4, -0.2) is 48.6 Å². The van der Waals surface area contributed by atoms with Crippen LogP contribution in [0.4, 0.5) is 4.79 Å². The van der Waals surface area contributed by atoms with E-state index in [9.17, 15) is 4.79 Å². The van der Waals surface area contributed by atoms with E-state index in [2.05, 4.69) is 26.6 Å². The van der Waals surface area contributed by atoms with Gasteiger partial charge in [-0.15, -0.1) is 0 Å². The molecule has 3 aromatic rings. The van der Waals surface area contributed by atoms with Gasteiger partial charge in [0.1, 0.15) is 12.7 Å². The van der Waals surface area contributed by atoms with Gasteiger partial charge in [0, 0.05) is 18.8 Å². The topological polar surface area (TPSA) is 80.9 Å². The maximum absolute atomic E-state index is 12.5. The summed E-state index contributed by atoms with van der Waals surface area (Å²) in [5.74, 6) is 0. The van der Waals surface area contributed by atoms with Crippen LogP contribution in [0.15, 0.2) is 43.0 Å². The molecule has 8 nitrogen and oxygen atoms in total. The van der Waals surface area contributed by atoms with E-state index >= 15 is 0 Å². The SMILES string of the molecule is Cc1cc(C)n(C2CN(C(=O)NC(C)c3ccc(-n4cncn4)cc3)C2)n1. The minimum atomic E-state index is -0.0740. The van der Waals surface area contributed by atoms with Gasteiger partial charge in [-0.05, 0) is 44.5 Å². The quantitative estimate of drug-likeness (QED) is 0.770. The fraction of sp³-hybridized carbons (Fsp3) is 0.368. The van der Waals surface area contributed by atoms with E-state index in [1.54, 1.807) is 11.0 Å². The number of rotatable bonds is 4. The number of aromatic nitrogens is 5. The van der Waals surface area contributed by atoms with Crippen molar-refractivity contribution in [3.63, 3.8) is 0 Å². The van der Waals surface area contributed by atoms with Gasteiger partial charge in [0.25, 0.3) is 0 Å². The third kappa shape index (κ3) is 3.42. The summed E-state index contributed by atoms with van der Waals surface area (Å²) in [6.07, 6.45) is 3.16. The first-order chi connectivity index (χ1) is 13.0. The molecule has 140 valence electrons. The normalized spacial score (nSPS) is 15.4. The number of nitrogens with one attached hydrogen (secondary N) is 1. The zero-order valence-electron chi connectivity index (χ0n) is 15.7. The Labute approximate surface area is 157 Å². The molecule has 1 atom stereocenters. The second-order valence-corrected chi connectivity index (χ2v) is 7.03. The molecule has 0 spiro atoms. The monoisotopic (exact) mass is 365 g/mol. The van der Waals surface area contributed by atoms with Crippen molar-refractivity contribution in [2.24, 2.45) is 0 Å². The summed E-state index contributed by atoms with van der Waals surface area (Å²) in [6, 6.07) is 10.1. The predicted molar refractivity (Wildman–Crippen MR) is 101 cm³/mol. The van der Waals surface area contributed by atoms with Gasteiger partial charge in [-0.25, -0.2) is 14.5 Å². The first-order valence-electron chi connectivity index (χ1n) is 9.04. The van der Waals surface area contributed by atoms with Gasteiger partial charge >= 0.3 is 6.03 Å². The summed E-state index contributed by atoms with van der Waals surface area (Å²) in [4.78, 5) is 18.3. The summed E-state index contributed by atoms with van der Waals surface area (Å²) in [5.41, 5.74) is 4.13. The van der Waals surface area contributed by atoms with Crippen LogP contribution in [0.5, 0.6) is 0 Å². The van der Waals surface area contributed by atoms with Crippen LogP contribution in [0, 0.1) is 13.8 Å². The Kier molecular flexibility index (Phi) is 4.39. The fourth-order valence-corrected chi connectivity index (χ4v) is 3.41. The molecular weight excluding hydrogens is 342 g/mol. The molecule has 0 aliphatic carbocycles. The van der Waals surface area contributed by atoms with E-state index in [1.807, 2.05) is 54.6 Å². The van der Waals surface area contributed by atoms with Crippen LogP contribution in [0.25, 0.3) is 5.69 Å². The van der Waals surface area contributed by atoms with Gasteiger partial charge in [-0.3, -0.25) is 4.68 Å². The third-order valence-electron chi connectivity index (χ3n) is 4.96. The standard InChI is InChI=1S/C19H23N7O/c1-13-8-14(2)26(23-13)18-9-24(10-18)19(27)22-15(3)16-4-6-17(7-5-16)25-12-20-11-21-25/h4-8,11-12,15,18H,9-10H2,1-3H3,(H,22,27). The average molecular weight is 365 g/mol. The Morgan fingerprint density at radius 3 is 2.56 bits per heavy atom. The average Bonchev–Trinajstić information content (AvgIpc) is 3.24. The third-order valence-corrected chi connectivity index (χ3v) is 4.96. The van der Waals surface area contributed by atoms with Gasteiger partial charge in [0.05, 0.1) is 23.5 Å². The Morgan fingerprint density at radius 1 is 1.22 bits per heavy atom. The number of nitrogens with zero attached hydrogens (tertiary/aromatic N) is 6. The van der Waals surface area contributed by atoms with Crippen molar-refractivity contribution in [1.82, 2.24) is 34.8 Å². The Morgan fingerprint density at radius 2 is 1.96 bits per heavy atom. The summed E-state index contributed by atoms with van der Waals surface area (Å²) >= 11 is 0. The number of benzene rings is 1. The van der Waals surface area contributed by atoms with E-state index in [-0.39, 0.29) is 18.1 Å². The largest absolute Gasteiger partial charge is 0.331 e. The molecule has 0 saturated carbocycles. The molecule has 1 aliphatic rings. The summed E-state index contributed by atoms with van der Waals surface area (Å²) in [5, 5.41) is 11.7. The molecule has 1 aliphatic heterocycles. The number of likely N-dealkylation sites (tertiary alicyclic amines) is 1. The van der Waals surface area contributed by atoms with E-state index in [0.717, 1.165) is 22.6 Å². The molecule has 1 aromatic carbocycles. The Balaban J connectivity index is 1.33. The van der Waals surface area contributed by atoms with E-state index in [1.165, 1.54) is 6.33 Å². The molecule has 4 rings (SSSR count). The highest BCUT2D eigenvalue weighted by Gasteiger charge is 2.33. The van der Waals surface area contributed by atoms with Gasteiger partial charge in [-0.2, -0.15) is 10.2 Å². The lowest BCUT2D eigenvalue weighted by atomic mass is 10.1. The minimum Gasteiger partial charge on any atom is -0.331 e. The van der Waals surface area contributed by atoms with Gasteiger partial charge < -0.3 is 10.2 Å². The number of amides is 2. The van der Waals surface area contributed by atoms with E-state index < -0.39 is 0 Å². The Bertz CT molecular complexity index is 924. The highest BCUT2D eigenvalue weighted by molar-refractivity contribution is 5.75. The van der Waals surface area contributed by atoms with Crippen molar-refractivity contribution in [2.75, 3.05) is 13.1 Å². The van der Waals surface area contributed by atoms with Crippen LogP contribution < -0.4 is 5.32 Å². The van der Waals surface area contributed by atoms with Gasteiger partial charge in [0.15, 0.2) is 0 Å². The lowest BCUT2D eigenvalue weighted by Gasteiger charge is -2.40. The molecule has 0 bridgehead atoms. The van der Waals surface area contributed by atoms with Crippen LogP contribution in [-0.2, 0) is 0 Å². The molecule has 3 heterocycles. The minimum absolute atomic E-state index is 0.0411. The van der Waals surface area contributed by atoms with Crippen LogP contribution in [0.1, 0.15) is 36.0 Å². The van der Waals surface area contributed by atoms with Crippen molar-refractivity contribution in [2.45, 2.75) is 32.9 Å². The fourth-order valence-electron chi connectivity index (χ4n) is 3.41. The van der Waals surface area contributed by atoms with Crippen molar-refractivity contribution < 1.29 is 4.79 Å². The highest BCUT2D eigenvalue weighted by Crippen LogP contribution is 2.23. The summed E-state index contributed by atoms with van der Waals surface area (Å²) in [7, 11) is 0. The lowest BCUT2D eigenvalue weighted by Crippen LogP contribution is -2.54. The number of hydrogen-bond donors (Lipinski definition) is 1. The van der Waals surface area contributed by atoms with Crippen LogP contribution in [0.2, 0.25) is 0 Å². The number of carbonyl (C=O) groups excluding carboxylic acids is 1. The first kappa shape index (κ1) is 17.3. The van der Waals surface area contributed by atoms with Crippen molar-refractivity contribution in [3.05, 3.63) is 59.9 Å². The molecule has 1 unspecified atom stereocenters. The van der Waals surface area contributed by atoms with E-state index in [4.69, 9.17) is 0 Å². The molecule has 1 saturated heterocycles. The molecule has 8 heteroatoms. The van der Waals surface area contributed by atoms with Gasteiger partial charge in [-0.1, -0.05) is 12.1 Å². The van der Waals surface area contributed by atoms with Crippen molar-refractivity contribution in [1.29, 1.82) is 0 Å². The maximum Gasteiger partial charge on any atom is 0.318 e.